The van der Waals surface area contributed by atoms with Gasteiger partial charge in [-0.15, -0.1) is 0 Å². The Bertz CT molecular complexity index is 630. The minimum absolute atomic E-state index is 0.126. The van der Waals surface area contributed by atoms with Crippen LogP contribution < -0.4 is 5.32 Å². The van der Waals surface area contributed by atoms with Gasteiger partial charge in [0.2, 0.25) is 5.95 Å². The molecule has 2 rings (SSSR count). The number of rotatable bonds is 5. The van der Waals surface area contributed by atoms with Gasteiger partial charge in [-0.25, -0.2) is 9.97 Å². The highest BCUT2D eigenvalue weighted by molar-refractivity contribution is 5.69. The lowest BCUT2D eigenvalue weighted by atomic mass is 10.1. The van der Waals surface area contributed by atoms with Crippen LogP contribution in [0.2, 0.25) is 0 Å². The molecule has 7 nitrogen and oxygen atoms in total. The maximum absolute atomic E-state index is 11.1. The molecule has 0 unspecified atom stereocenters. The number of anilines is 1. The van der Waals surface area contributed by atoms with Crippen LogP contribution in [0.3, 0.4) is 0 Å². The first-order valence-electron chi connectivity index (χ1n) is 6.29. The lowest BCUT2D eigenvalue weighted by Gasteiger charge is -2.06. The van der Waals surface area contributed by atoms with Gasteiger partial charge < -0.3 is 5.32 Å². The van der Waals surface area contributed by atoms with Gasteiger partial charge in [-0.05, 0) is 25.0 Å². The zero-order valence-electron chi connectivity index (χ0n) is 11.3. The van der Waals surface area contributed by atoms with Gasteiger partial charge in [0.15, 0.2) is 5.69 Å². The van der Waals surface area contributed by atoms with Crippen LogP contribution in [0.15, 0.2) is 24.7 Å². The minimum Gasteiger partial charge on any atom is -0.354 e. The van der Waals surface area contributed by atoms with Crippen molar-refractivity contribution in [1.82, 2.24) is 15.0 Å². The maximum Gasteiger partial charge on any atom is 0.313 e. The highest BCUT2D eigenvalue weighted by Gasteiger charge is 2.19. The smallest absolute Gasteiger partial charge is 0.313 e. The summed E-state index contributed by atoms with van der Waals surface area (Å²) in [4.78, 5) is 22.9. The maximum atomic E-state index is 11.1. The van der Waals surface area contributed by atoms with E-state index < -0.39 is 4.92 Å². The lowest BCUT2D eigenvalue weighted by Crippen LogP contribution is -2.06. The Morgan fingerprint density at radius 2 is 2.15 bits per heavy atom. The predicted octanol–water partition coefficient (Wildman–Crippen LogP) is 2.58. The van der Waals surface area contributed by atoms with Crippen molar-refractivity contribution in [3.8, 4) is 11.3 Å². The molecule has 2 aromatic heterocycles. The second-order valence-electron chi connectivity index (χ2n) is 4.36. The first-order chi connectivity index (χ1) is 9.61. The van der Waals surface area contributed by atoms with Gasteiger partial charge >= 0.3 is 5.69 Å². The van der Waals surface area contributed by atoms with Crippen molar-refractivity contribution in [2.45, 2.75) is 20.3 Å². The molecule has 0 aliphatic rings. The molecule has 0 spiro atoms. The first kappa shape index (κ1) is 13.9. The van der Waals surface area contributed by atoms with E-state index in [1.54, 1.807) is 12.4 Å². The number of aromatic nitrogens is 3. The molecule has 2 aromatic rings. The Kier molecular flexibility index (Phi) is 4.19. The fourth-order valence-electron chi connectivity index (χ4n) is 1.73. The monoisotopic (exact) mass is 273 g/mol. The fourth-order valence-corrected chi connectivity index (χ4v) is 1.73. The summed E-state index contributed by atoms with van der Waals surface area (Å²) in [6.45, 7) is 4.60. The van der Waals surface area contributed by atoms with Crippen LogP contribution in [-0.2, 0) is 0 Å². The number of aryl methyl sites for hydroxylation is 1. The molecule has 0 bridgehead atoms. The topological polar surface area (TPSA) is 93.8 Å². The van der Waals surface area contributed by atoms with Crippen molar-refractivity contribution in [2.75, 3.05) is 11.9 Å². The largest absolute Gasteiger partial charge is 0.354 e. The van der Waals surface area contributed by atoms with Crippen LogP contribution in [-0.4, -0.2) is 26.4 Å². The summed E-state index contributed by atoms with van der Waals surface area (Å²) in [5, 5.41) is 14.1. The van der Waals surface area contributed by atoms with Crippen molar-refractivity contribution >= 4 is 11.6 Å². The molecule has 0 amide bonds. The summed E-state index contributed by atoms with van der Waals surface area (Å²) >= 11 is 0. The first-order valence-corrected chi connectivity index (χ1v) is 6.29. The average Bonchev–Trinajstić information content (AvgIpc) is 2.44. The molecule has 1 N–H and O–H groups in total. The molecule has 0 aliphatic carbocycles. The molecule has 0 saturated heterocycles. The third-order valence-electron chi connectivity index (χ3n) is 2.65. The molecule has 20 heavy (non-hydrogen) atoms. The van der Waals surface area contributed by atoms with Crippen molar-refractivity contribution in [3.05, 3.63) is 40.3 Å². The van der Waals surface area contributed by atoms with Crippen molar-refractivity contribution in [1.29, 1.82) is 0 Å². The molecule has 0 fully saturated rings. The Hall–Kier alpha value is -2.57. The third kappa shape index (κ3) is 3.05. The zero-order chi connectivity index (χ0) is 14.5. The number of hydrogen-bond acceptors (Lipinski definition) is 6. The highest BCUT2D eigenvalue weighted by atomic mass is 16.6. The van der Waals surface area contributed by atoms with E-state index in [1.807, 2.05) is 19.9 Å². The number of nitrogens with one attached hydrogen (secondary N) is 1. The van der Waals surface area contributed by atoms with Gasteiger partial charge in [0, 0.05) is 24.5 Å². The van der Waals surface area contributed by atoms with Crippen LogP contribution in [0.1, 0.15) is 18.9 Å². The molecule has 2 heterocycles. The lowest BCUT2D eigenvalue weighted by molar-refractivity contribution is -0.384. The number of nitrogens with zero attached hydrogens (tertiary/aromatic N) is 4. The van der Waals surface area contributed by atoms with Crippen LogP contribution >= 0.6 is 0 Å². The molecular weight excluding hydrogens is 258 g/mol. The third-order valence-corrected chi connectivity index (χ3v) is 2.65. The summed E-state index contributed by atoms with van der Waals surface area (Å²) < 4.78 is 0. The van der Waals surface area contributed by atoms with E-state index in [4.69, 9.17) is 0 Å². The standard InChI is InChI=1S/C13H15N5O2/c1-3-4-15-13-16-8-11(18(19)20)12(17-13)10-5-9(2)6-14-7-10/h5-8H,3-4H2,1-2H3,(H,15,16,17). The number of nitro groups is 1. The molecule has 0 aliphatic heterocycles. The second kappa shape index (κ2) is 6.05. The fraction of sp³-hybridized carbons (Fsp3) is 0.308. The number of hydrogen-bond donors (Lipinski definition) is 1. The molecule has 0 radical (unpaired) electrons. The van der Waals surface area contributed by atoms with E-state index in [1.165, 1.54) is 6.20 Å². The van der Waals surface area contributed by atoms with Crippen LogP contribution in [0.4, 0.5) is 11.6 Å². The van der Waals surface area contributed by atoms with Crippen LogP contribution in [0, 0.1) is 17.0 Å². The van der Waals surface area contributed by atoms with E-state index >= 15 is 0 Å². The van der Waals surface area contributed by atoms with Gasteiger partial charge in [-0.1, -0.05) is 6.92 Å². The molecule has 0 aromatic carbocycles. The quantitative estimate of drug-likeness (QED) is 0.664. The zero-order valence-corrected chi connectivity index (χ0v) is 11.3. The normalized spacial score (nSPS) is 10.3. The Labute approximate surface area is 116 Å². The van der Waals surface area contributed by atoms with Crippen molar-refractivity contribution < 1.29 is 4.92 Å². The summed E-state index contributed by atoms with van der Waals surface area (Å²) in [6.07, 6.45) is 5.39. The molecule has 7 heteroatoms. The summed E-state index contributed by atoms with van der Waals surface area (Å²) in [6, 6.07) is 1.81. The average molecular weight is 273 g/mol. The predicted molar refractivity (Wildman–Crippen MR) is 75.4 cm³/mol. The number of pyridine rings is 1. The summed E-state index contributed by atoms with van der Waals surface area (Å²) in [5.74, 6) is 0.383. The SMILES string of the molecule is CCCNc1ncc([N+](=O)[O-])c(-c2cncc(C)c2)n1. The highest BCUT2D eigenvalue weighted by Crippen LogP contribution is 2.27. The van der Waals surface area contributed by atoms with E-state index in [0.29, 0.717) is 18.1 Å². The van der Waals surface area contributed by atoms with Crippen molar-refractivity contribution in [3.63, 3.8) is 0 Å². The Morgan fingerprint density at radius 1 is 1.35 bits per heavy atom. The van der Waals surface area contributed by atoms with Gasteiger partial charge in [0.05, 0.1) is 4.92 Å². The van der Waals surface area contributed by atoms with E-state index in [2.05, 4.69) is 20.3 Å². The minimum atomic E-state index is -0.485. The Balaban J connectivity index is 2.49. The van der Waals surface area contributed by atoms with E-state index in [9.17, 15) is 10.1 Å². The molecule has 0 atom stereocenters. The molecular formula is C13H15N5O2. The second-order valence-corrected chi connectivity index (χ2v) is 4.36. The van der Waals surface area contributed by atoms with Gasteiger partial charge in [-0.3, -0.25) is 15.1 Å². The van der Waals surface area contributed by atoms with E-state index in [0.717, 1.165) is 12.0 Å². The van der Waals surface area contributed by atoms with Crippen LogP contribution in [0.5, 0.6) is 0 Å². The Morgan fingerprint density at radius 3 is 2.80 bits per heavy atom. The van der Waals surface area contributed by atoms with Crippen molar-refractivity contribution in [2.24, 2.45) is 0 Å². The van der Waals surface area contributed by atoms with Gasteiger partial charge in [0.25, 0.3) is 0 Å². The summed E-state index contributed by atoms with van der Waals surface area (Å²) in [7, 11) is 0. The molecule has 0 saturated carbocycles. The summed E-state index contributed by atoms with van der Waals surface area (Å²) in [5.41, 5.74) is 1.68. The molecule has 104 valence electrons. The van der Waals surface area contributed by atoms with E-state index in [-0.39, 0.29) is 11.4 Å². The van der Waals surface area contributed by atoms with Crippen LogP contribution in [0.25, 0.3) is 11.3 Å². The van der Waals surface area contributed by atoms with Gasteiger partial charge in [0.1, 0.15) is 6.20 Å². The van der Waals surface area contributed by atoms with Gasteiger partial charge in [-0.2, -0.15) is 0 Å².